The molecule has 0 bridgehead atoms. The third-order valence-electron chi connectivity index (χ3n) is 5.53. The minimum absolute atomic E-state index is 0.0505. The van der Waals surface area contributed by atoms with Gasteiger partial charge in [-0.25, -0.2) is 29.0 Å². The summed E-state index contributed by atoms with van der Waals surface area (Å²) >= 11 is 6.66. The van der Waals surface area contributed by atoms with E-state index in [9.17, 15) is 9.18 Å². The summed E-state index contributed by atoms with van der Waals surface area (Å²) in [6, 6.07) is 6.20. The molecule has 2 aromatic carbocycles. The number of halogens is 2. The topological polar surface area (TPSA) is 87.8 Å². The van der Waals surface area contributed by atoms with E-state index in [2.05, 4.69) is 19.8 Å². The zero-order valence-corrected chi connectivity index (χ0v) is 19.3. The molecule has 4 aromatic rings. The highest BCUT2D eigenvalue weighted by Gasteiger charge is 2.33. The fourth-order valence-electron chi connectivity index (χ4n) is 4.00. The van der Waals surface area contributed by atoms with Crippen LogP contribution in [0.5, 0.6) is 11.6 Å². The summed E-state index contributed by atoms with van der Waals surface area (Å²) in [5, 5.41) is 0.566. The maximum atomic E-state index is 14.9. The molecule has 172 valence electrons. The highest BCUT2D eigenvalue weighted by atomic mass is 35.5. The second kappa shape index (κ2) is 9.00. The van der Waals surface area contributed by atoms with Gasteiger partial charge in [0.2, 0.25) is 5.88 Å². The summed E-state index contributed by atoms with van der Waals surface area (Å²) in [5.41, 5.74) is 1.59. The molecule has 34 heavy (non-hydrogen) atoms. The van der Waals surface area contributed by atoms with Crippen LogP contribution in [0, 0.1) is 12.4 Å². The van der Waals surface area contributed by atoms with Crippen molar-refractivity contribution >= 4 is 55.3 Å². The van der Waals surface area contributed by atoms with Gasteiger partial charge in [-0.05, 0) is 31.4 Å². The predicted molar refractivity (Wildman–Crippen MR) is 125 cm³/mol. The summed E-state index contributed by atoms with van der Waals surface area (Å²) < 4.78 is 31.7. The number of ether oxygens (including phenoxy) is 3. The molecule has 0 unspecified atom stereocenters. The van der Waals surface area contributed by atoms with Crippen LogP contribution in [0.15, 0.2) is 30.5 Å². The van der Waals surface area contributed by atoms with Crippen LogP contribution in [0.25, 0.3) is 36.7 Å². The number of fused-ring (bicyclic) bond motifs is 2. The van der Waals surface area contributed by atoms with Gasteiger partial charge in [0.25, 0.3) is 0 Å². The third-order valence-corrected chi connectivity index (χ3v) is 6.67. The molecule has 1 aliphatic carbocycles. The molecular weight excluding hydrogens is 483 g/mol. The number of nitrogens with zero attached hydrogens (tertiary/aromatic N) is 4. The monoisotopic (exact) mass is 498 g/mol. The molecule has 0 aliphatic heterocycles. The van der Waals surface area contributed by atoms with Gasteiger partial charge < -0.3 is 14.2 Å². The first-order valence-electron chi connectivity index (χ1n) is 10.3. The number of carbonyl (C=O) groups excluding carboxylic acids is 1. The summed E-state index contributed by atoms with van der Waals surface area (Å²) in [7, 11) is 1.49. The molecule has 0 N–H and O–H groups in total. The quantitative estimate of drug-likeness (QED) is 0.236. The molecule has 1 aliphatic rings. The van der Waals surface area contributed by atoms with Crippen LogP contribution in [0.1, 0.15) is 19.3 Å². The summed E-state index contributed by atoms with van der Waals surface area (Å²) in [6.07, 6.45) is 2.51. The Labute approximate surface area is 202 Å². The molecular formula is C23H16ClFN4O4S. The Kier molecular flexibility index (Phi) is 5.89. The van der Waals surface area contributed by atoms with Crippen molar-refractivity contribution in [2.45, 2.75) is 31.5 Å². The average molecular weight is 499 g/mol. The minimum atomic E-state index is -0.905. The van der Waals surface area contributed by atoms with Crippen LogP contribution in [0.2, 0.25) is 0 Å². The molecule has 0 spiro atoms. The van der Waals surface area contributed by atoms with E-state index in [4.69, 9.17) is 32.4 Å². The van der Waals surface area contributed by atoms with Gasteiger partial charge in [-0.15, -0.1) is 11.3 Å². The second-order valence-corrected chi connectivity index (χ2v) is 8.98. The molecule has 5 rings (SSSR count). The van der Waals surface area contributed by atoms with Crippen LogP contribution in [0.3, 0.4) is 0 Å². The zero-order chi connectivity index (χ0) is 23.8. The number of benzene rings is 2. The van der Waals surface area contributed by atoms with Gasteiger partial charge in [-0.3, -0.25) is 0 Å². The molecule has 0 amide bonds. The van der Waals surface area contributed by atoms with Crippen molar-refractivity contribution in [1.29, 1.82) is 0 Å². The van der Waals surface area contributed by atoms with Crippen LogP contribution >= 0.6 is 22.9 Å². The fraction of sp³-hybridized carbons (Fsp3) is 0.261. The van der Waals surface area contributed by atoms with Crippen molar-refractivity contribution < 1.29 is 23.4 Å². The molecule has 2 aromatic heterocycles. The molecule has 1 fully saturated rings. The van der Waals surface area contributed by atoms with E-state index in [1.807, 2.05) is 0 Å². The van der Waals surface area contributed by atoms with E-state index in [0.717, 1.165) is 6.42 Å². The number of hydrogen-bond donors (Lipinski definition) is 0. The van der Waals surface area contributed by atoms with Gasteiger partial charge in [-0.2, -0.15) is 0 Å². The van der Waals surface area contributed by atoms with Gasteiger partial charge in [-0.1, -0.05) is 0 Å². The third kappa shape index (κ3) is 4.20. The molecule has 2 atom stereocenters. The second-order valence-electron chi connectivity index (χ2n) is 7.64. The van der Waals surface area contributed by atoms with Crippen molar-refractivity contribution in [3.8, 4) is 22.2 Å². The smallest absolute Gasteiger partial charge is 0.404 e. The van der Waals surface area contributed by atoms with Gasteiger partial charge in [0.1, 0.15) is 17.2 Å². The normalized spacial score (nSPS) is 17.6. The highest BCUT2D eigenvalue weighted by Crippen LogP contribution is 2.39. The lowest BCUT2D eigenvalue weighted by atomic mass is 10.1. The maximum absolute atomic E-state index is 14.9. The standard InChI is InChI=1S/C23H16ClFN4O4S/c1-26-11-6-12(21-15(7-11)28-20(31-2)10-27-21)22-29-14-8-13(25)18(9-19(14)34-22)32-16-4-3-5-17(16)33-23(24)30/h6-10,16-17H,3-5H2,2H3/t16-,17+/m1/s1. The fourth-order valence-corrected chi connectivity index (χ4v) is 5.10. The van der Waals surface area contributed by atoms with Gasteiger partial charge >= 0.3 is 5.43 Å². The van der Waals surface area contributed by atoms with Crippen molar-refractivity contribution in [3.05, 3.63) is 47.7 Å². The Balaban J connectivity index is 1.54. The first-order chi connectivity index (χ1) is 16.4. The number of methoxy groups -OCH3 is 1. The first kappa shape index (κ1) is 22.3. The van der Waals surface area contributed by atoms with E-state index in [0.29, 0.717) is 56.2 Å². The summed E-state index contributed by atoms with van der Waals surface area (Å²) in [4.78, 5) is 28.0. The van der Waals surface area contributed by atoms with Crippen LogP contribution < -0.4 is 9.47 Å². The van der Waals surface area contributed by atoms with Crippen LogP contribution in [0.4, 0.5) is 14.9 Å². The number of aromatic nitrogens is 3. The Morgan fingerprint density at radius 1 is 1.21 bits per heavy atom. The molecule has 1 saturated carbocycles. The Morgan fingerprint density at radius 2 is 2.03 bits per heavy atom. The van der Waals surface area contributed by atoms with E-state index in [1.165, 1.54) is 30.7 Å². The molecule has 11 heteroatoms. The van der Waals surface area contributed by atoms with Crippen molar-refractivity contribution in [3.63, 3.8) is 0 Å². The average Bonchev–Trinajstić information content (AvgIpc) is 3.43. The van der Waals surface area contributed by atoms with Crippen molar-refractivity contribution in [2.75, 3.05) is 7.11 Å². The summed E-state index contributed by atoms with van der Waals surface area (Å²) in [5.74, 6) is -0.190. The Bertz CT molecular complexity index is 1470. The van der Waals surface area contributed by atoms with E-state index >= 15 is 0 Å². The maximum Gasteiger partial charge on any atom is 0.404 e. The predicted octanol–water partition coefficient (Wildman–Crippen LogP) is 6.28. The van der Waals surface area contributed by atoms with Crippen molar-refractivity contribution in [2.24, 2.45) is 0 Å². The van der Waals surface area contributed by atoms with E-state index in [1.54, 1.807) is 18.2 Å². The Hall–Kier alpha value is -3.55. The van der Waals surface area contributed by atoms with Crippen molar-refractivity contribution in [1.82, 2.24) is 15.0 Å². The van der Waals surface area contributed by atoms with Crippen LogP contribution in [-0.4, -0.2) is 39.7 Å². The van der Waals surface area contributed by atoms with Crippen LogP contribution in [-0.2, 0) is 4.74 Å². The largest absolute Gasteiger partial charge is 0.483 e. The molecule has 0 radical (unpaired) electrons. The lowest BCUT2D eigenvalue weighted by Gasteiger charge is -2.20. The molecule has 8 nitrogen and oxygen atoms in total. The van der Waals surface area contributed by atoms with E-state index < -0.39 is 23.5 Å². The molecule has 2 heterocycles. The highest BCUT2D eigenvalue weighted by molar-refractivity contribution is 7.21. The lowest BCUT2D eigenvalue weighted by molar-refractivity contribution is 0.0456. The first-order valence-corrected chi connectivity index (χ1v) is 11.5. The number of thiazole rings is 1. The van der Waals surface area contributed by atoms with Gasteiger partial charge in [0, 0.05) is 29.3 Å². The lowest BCUT2D eigenvalue weighted by Crippen LogP contribution is -2.29. The minimum Gasteiger partial charge on any atom is -0.483 e. The number of carbonyl (C=O) groups is 1. The number of rotatable bonds is 5. The van der Waals surface area contributed by atoms with Gasteiger partial charge in [0.05, 0.1) is 41.1 Å². The number of hydrogen-bond acceptors (Lipinski definition) is 8. The van der Waals surface area contributed by atoms with E-state index in [-0.39, 0.29) is 5.75 Å². The SMILES string of the molecule is [C-]#[N+]c1cc(-c2nc3cc(F)c(O[C@@H]4CCC[C@@H]4OC(=O)Cl)cc3s2)c2ncc(OC)nc2c1. The Morgan fingerprint density at radius 3 is 2.79 bits per heavy atom. The summed E-state index contributed by atoms with van der Waals surface area (Å²) in [6.45, 7) is 7.43. The van der Waals surface area contributed by atoms with Gasteiger partial charge in [0.15, 0.2) is 17.3 Å². The zero-order valence-electron chi connectivity index (χ0n) is 17.7. The molecule has 0 saturated heterocycles.